The molecule has 3 heteroatoms. The maximum Gasteiger partial charge on any atom is 0.303 e. The van der Waals surface area contributed by atoms with Crippen LogP contribution in [0.2, 0.25) is 0 Å². The molecule has 0 aliphatic rings. The van der Waals surface area contributed by atoms with E-state index in [1.165, 1.54) is 70.6 Å². The summed E-state index contributed by atoms with van der Waals surface area (Å²) in [7, 11) is 0. The number of unbranched alkanes of at least 4 members (excludes halogenated alkanes) is 11. The van der Waals surface area contributed by atoms with Gasteiger partial charge < -0.3 is 5.11 Å². The topological polar surface area (TPSA) is 37.3 Å². The quantitative estimate of drug-likeness (QED) is 0.278. The van der Waals surface area contributed by atoms with Gasteiger partial charge in [0.2, 0.25) is 0 Å². The third-order valence-corrected chi connectivity index (χ3v) is 3.65. The molecule has 0 unspecified atom stereocenters. The van der Waals surface area contributed by atoms with Gasteiger partial charge in [0.15, 0.2) is 0 Å². The van der Waals surface area contributed by atoms with E-state index in [2.05, 4.69) is 19.1 Å². The zero-order valence-corrected chi connectivity index (χ0v) is 16.4. The van der Waals surface area contributed by atoms with Crippen molar-refractivity contribution in [2.75, 3.05) is 0 Å². The SMILES string of the molecule is CCCCCCCCC=CCCCCCCCC(=O)O.[Zr]. The molecule has 0 aromatic rings. The largest absolute Gasteiger partial charge is 0.481 e. The van der Waals surface area contributed by atoms with E-state index in [0.29, 0.717) is 6.42 Å². The van der Waals surface area contributed by atoms with Crippen molar-refractivity contribution < 1.29 is 36.1 Å². The Kier molecular flexibility index (Phi) is 22.4. The van der Waals surface area contributed by atoms with Crippen LogP contribution in [0, 0.1) is 0 Å². The second kappa shape index (κ2) is 20.1. The number of aliphatic carboxylic acids is 1. The van der Waals surface area contributed by atoms with Gasteiger partial charge in [-0.2, -0.15) is 0 Å². The summed E-state index contributed by atoms with van der Waals surface area (Å²) < 4.78 is 0. The number of hydrogen-bond acceptors (Lipinski definition) is 1. The Bertz CT molecular complexity index is 239. The van der Waals surface area contributed by atoms with E-state index in [1.807, 2.05) is 0 Å². The van der Waals surface area contributed by atoms with Crippen LogP contribution in [-0.2, 0) is 31.0 Å². The van der Waals surface area contributed by atoms with Crippen molar-refractivity contribution in [1.82, 2.24) is 0 Å². The number of carbonyl (C=O) groups is 1. The van der Waals surface area contributed by atoms with Crippen molar-refractivity contribution in [3.8, 4) is 0 Å². The average Bonchev–Trinajstić information content (AvgIpc) is 2.43. The summed E-state index contributed by atoms with van der Waals surface area (Å²) in [5.74, 6) is -0.664. The summed E-state index contributed by atoms with van der Waals surface area (Å²) in [4.78, 5) is 10.3. The second-order valence-electron chi connectivity index (χ2n) is 5.73. The van der Waals surface area contributed by atoms with E-state index in [-0.39, 0.29) is 26.2 Å². The Balaban J connectivity index is 0. The van der Waals surface area contributed by atoms with Crippen LogP contribution in [0.3, 0.4) is 0 Å². The monoisotopic (exact) mass is 372 g/mol. The summed E-state index contributed by atoms with van der Waals surface area (Å²) in [5, 5.41) is 8.51. The Morgan fingerprint density at radius 3 is 1.67 bits per heavy atom. The van der Waals surface area contributed by atoms with Gasteiger partial charge in [0.05, 0.1) is 0 Å². The average molecular weight is 374 g/mol. The molecule has 122 valence electrons. The summed E-state index contributed by atoms with van der Waals surface area (Å²) in [6, 6.07) is 0. The molecule has 0 fully saturated rings. The third kappa shape index (κ3) is 22.5. The van der Waals surface area contributed by atoms with E-state index in [4.69, 9.17) is 5.11 Å². The fourth-order valence-electron chi connectivity index (χ4n) is 2.35. The van der Waals surface area contributed by atoms with Crippen molar-refractivity contribution in [2.45, 2.75) is 96.8 Å². The molecule has 1 N–H and O–H groups in total. The third-order valence-electron chi connectivity index (χ3n) is 3.65. The molecule has 21 heavy (non-hydrogen) atoms. The van der Waals surface area contributed by atoms with Crippen LogP contribution < -0.4 is 0 Å². The number of rotatable bonds is 15. The van der Waals surface area contributed by atoms with Gasteiger partial charge in [-0.3, -0.25) is 4.79 Å². The molecular weight excluding hydrogens is 339 g/mol. The van der Waals surface area contributed by atoms with E-state index < -0.39 is 5.97 Å². The Labute approximate surface area is 150 Å². The Hall–Kier alpha value is 0.0931. The van der Waals surface area contributed by atoms with Gasteiger partial charge in [0, 0.05) is 32.6 Å². The molecule has 0 radical (unpaired) electrons. The minimum absolute atomic E-state index is 0. The van der Waals surface area contributed by atoms with Gasteiger partial charge >= 0.3 is 5.97 Å². The number of hydrogen-bond donors (Lipinski definition) is 1. The van der Waals surface area contributed by atoms with Crippen molar-refractivity contribution >= 4 is 5.97 Å². The van der Waals surface area contributed by atoms with Crippen LogP contribution >= 0.6 is 0 Å². The van der Waals surface area contributed by atoms with Gasteiger partial charge in [0.25, 0.3) is 0 Å². The van der Waals surface area contributed by atoms with Crippen LogP contribution in [0.1, 0.15) is 96.8 Å². The van der Waals surface area contributed by atoms with Gasteiger partial charge in [-0.1, -0.05) is 70.4 Å². The fourth-order valence-corrected chi connectivity index (χ4v) is 2.35. The molecule has 0 aliphatic heterocycles. The Morgan fingerprint density at radius 1 is 0.762 bits per heavy atom. The molecule has 0 bridgehead atoms. The van der Waals surface area contributed by atoms with E-state index in [9.17, 15) is 4.79 Å². The molecule has 0 aromatic heterocycles. The van der Waals surface area contributed by atoms with Gasteiger partial charge in [-0.25, -0.2) is 0 Å². The molecule has 0 rings (SSSR count). The number of allylic oxidation sites excluding steroid dienone is 2. The molecule has 0 aliphatic carbocycles. The van der Waals surface area contributed by atoms with Crippen LogP contribution in [0.15, 0.2) is 12.2 Å². The summed E-state index contributed by atoms with van der Waals surface area (Å²) >= 11 is 0. The minimum Gasteiger partial charge on any atom is -0.481 e. The Morgan fingerprint density at radius 2 is 1.19 bits per heavy atom. The van der Waals surface area contributed by atoms with Crippen LogP contribution in [-0.4, -0.2) is 11.1 Å². The zero-order valence-electron chi connectivity index (χ0n) is 13.9. The van der Waals surface area contributed by atoms with Gasteiger partial charge in [-0.05, 0) is 32.1 Å². The molecule has 0 heterocycles. The van der Waals surface area contributed by atoms with Crippen molar-refractivity contribution in [3.63, 3.8) is 0 Å². The first kappa shape index (κ1) is 23.4. The standard InChI is InChI=1S/C18H34O2.Zr/c1-2-3-4-5-6-7-8-9-10-11-12-13-14-15-16-17-18(19)20;/h9-10H,2-8,11-17H2,1H3,(H,19,20);. The molecule has 2 nitrogen and oxygen atoms in total. The first-order valence-corrected chi connectivity index (χ1v) is 8.64. The van der Waals surface area contributed by atoms with Crippen LogP contribution in [0.25, 0.3) is 0 Å². The van der Waals surface area contributed by atoms with Gasteiger partial charge in [0.1, 0.15) is 0 Å². The van der Waals surface area contributed by atoms with E-state index >= 15 is 0 Å². The van der Waals surface area contributed by atoms with Crippen molar-refractivity contribution in [1.29, 1.82) is 0 Å². The summed E-state index contributed by atoms with van der Waals surface area (Å²) in [6.45, 7) is 2.26. The fraction of sp³-hybridized carbons (Fsp3) is 0.833. The number of carboxylic acids is 1. The van der Waals surface area contributed by atoms with Crippen molar-refractivity contribution in [2.24, 2.45) is 0 Å². The van der Waals surface area contributed by atoms with Crippen LogP contribution in [0.5, 0.6) is 0 Å². The summed E-state index contributed by atoms with van der Waals surface area (Å²) in [6.07, 6.45) is 21.2. The molecule has 0 aromatic carbocycles. The maximum atomic E-state index is 10.3. The van der Waals surface area contributed by atoms with E-state index in [1.54, 1.807) is 0 Å². The smallest absolute Gasteiger partial charge is 0.303 e. The second-order valence-corrected chi connectivity index (χ2v) is 5.73. The predicted octanol–water partition coefficient (Wildman–Crippen LogP) is 6.11. The molecule has 0 amide bonds. The molecule has 0 spiro atoms. The number of carboxylic acid groups (broad SMARTS) is 1. The predicted molar refractivity (Wildman–Crippen MR) is 87.1 cm³/mol. The van der Waals surface area contributed by atoms with Gasteiger partial charge in [-0.15, -0.1) is 0 Å². The molecule has 0 atom stereocenters. The molecule has 0 saturated carbocycles. The maximum absolute atomic E-state index is 10.3. The first-order chi connectivity index (χ1) is 9.77. The first-order valence-electron chi connectivity index (χ1n) is 8.64. The molecular formula is C18H34O2Zr. The normalized spacial score (nSPS) is 10.7. The zero-order chi connectivity index (χ0) is 14.9. The van der Waals surface area contributed by atoms with E-state index in [0.717, 1.165) is 12.8 Å². The minimum atomic E-state index is -0.664. The summed E-state index contributed by atoms with van der Waals surface area (Å²) in [5.41, 5.74) is 0. The molecule has 0 saturated heterocycles. The van der Waals surface area contributed by atoms with Crippen molar-refractivity contribution in [3.05, 3.63) is 12.2 Å². The van der Waals surface area contributed by atoms with Crippen LogP contribution in [0.4, 0.5) is 0 Å².